The van der Waals surface area contributed by atoms with Crippen LogP contribution in [-0.2, 0) is 32.4 Å². The Morgan fingerprint density at radius 1 is 1.28 bits per heavy atom. The van der Waals surface area contributed by atoms with Crippen LogP contribution in [0.15, 0.2) is 18.2 Å². The van der Waals surface area contributed by atoms with Gasteiger partial charge in [0.15, 0.2) is 0 Å². The Morgan fingerprint density at radius 3 is 2.59 bits per heavy atom. The number of non-ortho nitro benzene ring substituents is 1. The third-order valence-corrected chi connectivity index (χ3v) is 7.51. The van der Waals surface area contributed by atoms with Crippen LogP contribution in [-0.4, -0.2) is 45.1 Å². The van der Waals surface area contributed by atoms with E-state index < -0.39 is 33.4 Å². The molecule has 1 heterocycles. The Labute approximate surface area is 189 Å². The lowest BCUT2D eigenvalue weighted by Crippen LogP contribution is -2.38. The number of thiophene rings is 1. The second kappa shape index (κ2) is 9.25. The number of carbonyl (C=O) groups excluding carboxylic acids is 2. The molecule has 1 aromatic heterocycles. The number of amides is 1. The van der Waals surface area contributed by atoms with E-state index in [9.17, 15) is 28.1 Å². The van der Waals surface area contributed by atoms with Crippen LogP contribution in [0.5, 0.6) is 0 Å². The molecule has 0 saturated heterocycles. The van der Waals surface area contributed by atoms with Crippen LogP contribution in [0.3, 0.4) is 0 Å². The number of methoxy groups -OCH3 is 1. The number of ether oxygens (including phenoxy) is 1. The molecule has 0 fully saturated rings. The van der Waals surface area contributed by atoms with Crippen LogP contribution in [0, 0.1) is 17.0 Å². The number of fused-ring (bicyclic) bond motifs is 1. The highest BCUT2D eigenvalue weighted by molar-refractivity contribution is 7.92. The van der Waals surface area contributed by atoms with Crippen molar-refractivity contribution < 1.29 is 27.7 Å². The first kappa shape index (κ1) is 23.7. The first-order valence-electron chi connectivity index (χ1n) is 9.78. The summed E-state index contributed by atoms with van der Waals surface area (Å²) in [6, 6.07) is 3.80. The standard InChI is InChI=1S/C20H23N3O7S2/c1-12-8-9-13(23(26)27)10-15(12)22(32(3,28)29)11-17(24)21-19-18(20(25)30-2)14-6-4-5-7-16(14)31-19/h8-10H,4-7,11H2,1-3H3,(H,21,24). The van der Waals surface area contributed by atoms with Crippen molar-refractivity contribution in [3.8, 4) is 0 Å². The number of hydrogen-bond donors (Lipinski definition) is 1. The predicted octanol–water partition coefficient (Wildman–Crippen LogP) is 3.03. The molecular formula is C20H23N3O7S2. The van der Waals surface area contributed by atoms with Crippen molar-refractivity contribution in [3.63, 3.8) is 0 Å². The normalized spacial score (nSPS) is 13.2. The molecule has 1 N–H and O–H groups in total. The minimum absolute atomic E-state index is 0.0375. The summed E-state index contributed by atoms with van der Waals surface area (Å²) in [5.41, 5.74) is 1.36. The summed E-state index contributed by atoms with van der Waals surface area (Å²) < 4.78 is 30.6. The molecule has 172 valence electrons. The fourth-order valence-corrected chi connectivity index (χ4v) is 5.83. The van der Waals surface area contributed by atoms with Crippen LogP contribution in [0.4, 0.5) is 16.4 Å². The number of nitro benzene ring substituents is 1. The molecule has 1 aliphatic carbocycles. The fourth-order valence-electron chi connectivity index (χ4n) is 3.63. The molecule has 12 heteroatoms. The van der Waals surface area contributed by atoms with Crippen molar-refractivity contribution in [3.05, 3.63) is 49.9 Å². The van der Waals surface area contributed by atoms with E-state index in [0.29, 0.717) is 22.5 Å². The molecule has 0 bridgehead atoms. The van der Waals surface area contributed by atoms with E-state index in [2.05, 4.69) is 5.32 Å². The average molecular weight is 482 g/mol. The minimum Gasteiger partial charge on any atom is -0.465 e. The Morgan fingerprint density at radius 2 is 1.97 bits per heavy atom. The van der Waals surface area contributed by atoms with Gasteiger partial charge < -0.3 is 10.1 Å². The lowest BCUT2D eigenvalue weighted by molar-refractivity contribution is -0.384. The van der Waals surface area contributed by atoms with Gasteiger partial charge in [0, 0.05) is 17.0 Å². The van der Waals surface area contributed by atoms with Gasteiger partial charge in [-0.25, -0.2) is 13.2 Å². The second-order valence-corrected chi connectivity index (χ2v) is 10.5. The van der Waals surface area contributed by atoms with Gasteiger partial charge in [-0.2, -0.15) is 0 Å². The summed E-state index contributed by atoms with van der Waals surface area (Å²) in [6.45, 7) is 0.988. The number of esters is 1. The fraction of sp³-hybridized carbons (Fsp3) is 0.400. The van der Waals surface area contributed by atoms with E-state index in [0.717, 1.165) is 46.3 Å². The van der Waals surface area contributed by atoms with Crippen molar-refractivity contribution >= 4 is 49.6 Å². The molecule has 0 radical (unpaired) electrons. The number of anilines is 2. The predicted molar refractivity (Wildman–Crippen MR) is 121 cm³/mol. The Kier molecular flexibility index (Phi) is 6.84. The quantitative estimate of drug-likeness (QED) is 0.365. The van der Waals surface area contributed by atoms with Crippen LogP contribution < -0.4 is 9.62 Å². The summed E-state index contributed by atoms with van der Waals surface area (Å²) in [6.07, 6.45) is 4.32. The van der Waals surface area contributed by atoms with E-state index in [1.54, 1.807) is 6.92 Å². The van der Waals surface area contributed by atoms with Gasteiger partial charge in [-0.05, 0) is 43.7 Å². The SMILES string of the molecule is COC(=O)c1c(NC(=O)CN(c2cc([N+](=O)[O-])ccc2C)S(C)(=O)=O)sc2c1CCCC2. The molecule has 2 aromatic rings. The van der Waals surface area contributed by atoms with Crippen molar-refractivity contribution in [2.24, 2.45) is 0 Å². The maximum absolute atomic E-state index is 12.9. The number of aryl methyl sites for hydroxylation is 2. The summed E-state index contributed by atoms with van der Waals surface area (Å²) >= 11 is 1.28. The summed E-state index contributed by atoms with van der Waals surface area (Å²) in [7, 11) is -2.68. The van der Waals surface area contributed by atoms with Gasteiger partial charge in [0.25, 0.3) is 5.69 Å². The van der Waals surface area contributed by atoms with Crippen molar-refractivity contribution in [2.75, 3.05) is 29.5 Å². The number of nitrogens with zero attached hydrogens (tertiary/aromatic N) is 2. The van der Waals surface area contributed by atoms with E-state index >= 15 is 0 Å². The number of nitrogens with one attached hydrogen (secondary N) is 1. The maximum Gasteiger partial charge on any atom is 0.341 e. The molecule has 10 nitrogen and oxygen atoms in total. The van der Waals surface area contributed by atoms with Crippen LogP contribution in [0.25, 0.3) is 0 Å². The number of carbonyl (C=O) groups is 2. The van der Waals surface area contributed by atoms with Crippen molar-refractivity contribution in [2.45, 2.75) is 32.6 Å². The van der Waals surface area contributed by atoms with Gasteiger partial charge in [0.1, 0.15) is 11.5 Å². The van der Waals surface area contributed by atoms with E-state index in [1.165, 1.54) is 30.6 Å². The highest BCUT2D eigenvalue weighted by Crippen LogP contribution is 2.38. The molecular weight excluding hydrogens is 458 g/mol. The highest BCUT2D eigenvalue weighted by Gasteiger charge is 2.29. The van der Waals surface area contributed by atoms with Gasteiger partial charge in [-0.1, -0.05) is 6.07 Å². The molecule has 1 amide bonds. The molecule has 0 saturated carbocycles. The van der Waals surface area contributed by atoms with Crippen LogP contribution in [0.1, 0.15) is 39.2 Å². The zero-order chi connectivity index (χ0) is 23.6. The van der Waals surface area contributed by atoms with Gasteiger partial charge in [0.2, 0.25) is 15.9 Å². The largest absolute Gasteiger partial charge is 0.465 e. The third-order valence-electron chi connectivity index (χ3n) is 5.17. The van der Waals surface area contributed by atoms with Gasteiger partial charge in [-0.3, -0.25) is 19.2 Å². The number of sulfonamides is 1. The topological polar surface area (TPSA) is 136 Å². The van der Waals surface area contributed by atoms with E-state index in [-0.39, 0.29) is 11.4 Å². The summed E-state index contributed by atoms with van der Waals surface area (Å²) in [4.78, 5) is 36.7. The van der Waals surface area contributed by atoms with Gasteiger partial charge >= 0.3 is 5.97 Å². The number of nitro groups is 1. The summed E-state index contributed by atoms with van der Waals surface area (Å²) in [5, 5.41) is 14.1. The van der Waals surface area contributed by atoms with Gasteiger partial charge in [0.05, 0.1) is 29.5 Å². The molecule has 0 unspecified atom stereocenters. The number of rotatable bonds is 7. The third kappa shape index (κ3) is 4.91. The Bertz CT molecular complexity index is 1190. The smallest absolute Gasteiger partial charge is 0.341 e. The van der Waals surface area contributed by atoms with E-state index in [1.807, 2.05) is 0 Å². The Balaban J connectivity index is 1.93. The maximum atomic E-state index is 12.9. The zero-order valence-corrected chi connectivity index (χ0v) is 19.5. The first-order valence-corrected chi connectivity index (χ1v) is 12.4. The van der Waals surface area contributed by atoms with Crippen LogP contribution in [0.2, 0.25) is 0 Å². The van der Waals surface area contributed by atoms with Gasteiger partial charge in [-0.15, -0.1) is 11.3 Å². The average Bonchev–Trinajstić information content (AvgIpc) is 3.08. The minimum atomic E-state index is -3.94. The van der Waals surface area contributed by atoms with Crippen molar-refractivity contribution in [1.82, 2.24) is 0 Å². The van der Waals surface area contributed by atoms with E-state index in [4.69, 9.17) is 4.74 Å². The lowest BCUT2D eigenvalue weighted by Gasteiger charge is -2.23. The Hall–Kier alpha value is -2.99. The number of hydrogen-bond acceptors (Lipinski definition) is 8. The zero-order valence-electron chi connectivity index (χ0n) is 17.8. The molecule has 0 atom stereocenters. The second-order valence-electron chi connectivity index (χ2n) is 7.45. The molecule has 0 aliphatic heterocycles. The molecule has 1 aliphatic rings. The molecule has 1 aromatic carbocycles. The summed E-state index contributed by atoms with van der Waals surface area (Å²) in [5.74, 6) is -1.24. The molecule has 3 rings (SSSR count). The van der Waals surface area contributed by atoms with Crippen molar-refractivity contribution in [1.29, 1.82) is 0 Å². The first-order chi connectivity index (χ1) is 15.0. The highest BCUT2D eigenvalue weighted by atomic mass is 32.2. The van der Waals surface area contributed by atoms with Crippen LogP contribution >= 0.6 is 11.3 Å². The molecule has 0 spiro atoms. The molecule has 32 heavy (non-hydrogen) atoms. The monoisotopic (exact) mass is 481 g/mol. The number of benzene rings is 1. The lowest BCUT2D eigenvalue weighted by atomic mass is 9.95.